The van der Waals surface area contributed by atoms with E-state index in [2.05, 4.69) is 0 Å². The van der Waals surface area contributed by atoms with E-state index in [4.69, 9.17) is 14.2 Å². The number of carbonyl (C=O) groups excluding carboxylic acids is 2. The molecule has 0 amide bonds. The number of rotatable bonds is 8. The Morgan fingerprint density at radius 2 is 1.73 bits per heavy atom. The molecule has 1 aliphatic heterocycles. The SMILES string of the molecule is O=C1C=CC(O)(CCO[C@@H]2O[C@H](COC(=O)/C=C/c3ccc(O)cc3)[C@@H](O)[C@H](O)[C@H]2O)C=C1. The molecule has 10 heteroatoms. The van der Waals surface area contributed by atoms with Gasteiger partial charge in [-0.1, -0.05) is 12.1 Å². The van der Waals surface area contributed by atoms with E-state index in [1.165, 1.54) is 42.5 Å². The molecule has 0 spiro atoms. The van der Waals surface area contributed by atoms with E-state index >= 15 is 0 Å². The van der Waals surface area contributed by atoms with Crippen LogP contribution in [0.3, 0.4) is 0 Å². The average Bonchev–Trinajstić information content (AvgIpc) is 2.80. The number of hydrogen-bond acceptors (Lipinski definition) is 10. The molecule has 10 nitrogen and oxygen atoms in total. The summed E-state index contributed by atoms with van der Waals surface area (Å²) < 4.78 is 16.0. The first-order valence-electron chi connectivity index (χ1n) is 10.3. The highest BCUT2D eigenvalue weighted by Crippen LogP contribution is 2.24. The first-order chi connectivity index (χ1) is 15.7. The van der Waals surface area contributed by atoms with Crippen LogP contribution in [-0.4, -0.2) is 86.8 Å². The molecule has 1 saturated heterocycles. The average molecular weight is 462 g/mol. The van der Waals surface area contributed by atoms with Crippen molar-refractivity contribution in [3.63, 3.8) is 0 Å². The van der Waals surface area contributed by atoms with E-state index < -0.39 is 48.9 Å². The lowest BCUT2D eigenvalue weighted by Gasteiger charge is -2.40. The van der Waals surface area contributed by atoms with Gasteiger partial charge in [0.2, 0.25) is 0 Å². The van der Waals surface area contributed by atoms with E-state index in [-0.39, 0.29) is 24.6 Å². The lowest BCUT2D eigenvalue weighted by atomic mass is 9.94. The van der Waals surface area contributed by atoms with Gasteiger partial charge in [-0.05, 0) is 48.1 Å². The molecule has 33 heavy (non-hydrogen) atoms. The number of benzene rings is 1. The van der Waals surface area contributed by atoms with Crippen molar-refractivity contribution < 1.29 is 49.3 Å². The third-order valence-electron chi connectivity index (χ3n) is 5.22. The van der Waals surface area contributed by atoms with Crippen LogP contribution in [-0.2, 0) is 23.8 Å². The highest BCUT2D eigenvalue weighted by atomic mass is 16.7. The Balaban J connectivity index is 1.50. The van der Waals surface area contributed by atoms with Crippen molar-refractivity contribution in [2.24, 2.45) is 0 Å². The Labute approximate surface area is 189 Å². The Morgan fingerprint density at radius 3 is 2.39 bits per heavy atom. The van der Waals surface area contributed by atoms with Crippen LogP contribution in [0, 0.1) is 0 Å². The van der Waals surface area contributed by atoms with Crippen molar-refractivity contribution in [2.75, 3.05) is 13.2 Å². The number of hydrogen-bond donors (Lipinski definition) is 5. The first-order valence-corrected chi connectivity index (χ1v) is 10.3. The van der Waals surface area contributed by atoms with Crippen molar-refractivity contribution in [1.82, 2.24) is 0 Å². The minimum absolute atomic E-state index is 0.0419. The molecule has 0 aromatic heterocycles. The summed E-state index contributed by atoms with van der Waals surface area (Å²) in [4.78, 5) is 23.1. The molecule has 1 fully saturated rings. The maximum atomic E-state index is 12.0. The normalized spacial score (nSPS) is 28.8. The van der Waals surface area contributed by atoms with Crippen LogP contribution in [0.1, 0.15) is 12.0 Å². The predicted octanol–water partition coefficient (Wildman–Crippen LogP) is -0.411. The second-order valence-electron chi connectivity index (χ2n) is 7.75. The van der Waals surface area contributed by atoms with E-state index in [0.29, 0.717) is 5.56 Å². The van der Waals surface area contributed by atoms with Crippen LogP contribution in [0.15, 0.2) is 54.6 Å². The first kappa shape index (κ1) is 24.8. The van der Waals surface area contributed by atoms with Gasteiger partial charge in [0.05, 0.1) is 6.61 Å². The fourth-order valence-electron chi connectivity index (χ4n) is 3.22. The number of esters is 1. The van der Waals surface area contributed by atoms with Gasteiger partial charge >= 0.3 is 5.97 Å². The van der Waals surface area contributed by atoms with Crippen molar-refractivity contribution in [3.8, 4) is 5.75 Å². The highest BCUT2D eigenvalue weighted by molar-refractivity contribution is 6.00. The van der Waals surface area contributed by atoms with Crippen LogP contribution in [0.4, 0.5) is 0 Å². The standard InChI is InChI=1S/C23H26O10/c24-15-4-1-14(2-5-15)3-6-18(26)32-13-17-19(27)20(28)21(29)22(33-17)31-12-11-23(30)9-7-16(25)8-10-23/h1-10,17,19-22,24,27-30H,11-13H2/b6-3+/t17-,19-,20+,21-,22-/m1/s1. The molecular weight excluding hydrogens is 436 g/mol. The quantitative estimate of drug-likeness (QED) is 0.253. The van der Waals surface area contributed by atoms with Gasteiger partial charge in [-0.15, -0.1) is 0 Å². The second-order valence-corrected chi connectivity index (χ2v) is 7.75. The van der Waals surface area contributed by atoms with Crippen LogP contribution in [0.25, 0.3) is 6.08 Å². The van der Waals surface area contributed by atoms with Crippen LogP contribution in [0.2, 0.25) is 0 Å². The molecule has 0 saturated carbocycles. The van der Waals surface area contributed by atoms with Gasteiger partial charge in [0.15, 0.2) is 12.1 Å². The highest BCUT2D eigenvalue weighted by Gasteiger charge is 2.44. The van der Waals surface area contributed by atoms with Gasteiger partial charge in [0.1, 0.15) is 42.4 Å². The summed E-state index contributed by atoms with van der Waals surface area (Å²) in [6, 6.07) is 6.12. The molecule has 0 unspecified atom stereocenters. The zero-order valence-corrected chi connectivity index (χ0v) is 17.6. The molecule has 178 valence electrons. The summed E-state index contributed by atoms with van der Waals surface area (Å²) in [6.07, 6.45) is 0.523. The van der Waals surface area contributed by atoms with E-state index in [1.54, 1.807) is 12.1 Å². The summed E-state index contributed by atoms with van der Waals surface area (Å²) in [5, 5.41) is 50.0. The number of aromatic hydroxyl groups is 1. The minimum Gasteiger partial charge on any atom is -0.508 e. The second kappa shape index (κ2) is 10.8. The number of allylic oxidation sites excluding steroid dienone is 2. The van der Waals surface area contributed by atoms with Crippen LogP contribution >= 0.6 is 0 Å². The number of aliphatic hydroxyl groups excluding tert-OH is 3. The molecule has 1 heterocycles. The maximum absolute atomic E-state index is 12.0. The van der Waals surface area contributed by atoms with Gasteiger partial charge in [-0.2, -0.15) is 0 Å². The Hall–Kier alpha value is -2.86. The number of aliphatic hydroxyl groups is 4. The molecule has 0 radical (unpaired) electrons. The van der Waals surface area contributed by atoms with Gasteiger partial charge < -0.3 is 39.7 Å². The van der Waals surface area contributed by atoms with Gasteiger partial charge in [0, 0.05) is 12.5 Å². The van der Waals surface area contributed by atoms with Gasteiger partial charge in [-0.25, -0.2) is 4.79 Å². The summed E-state index contributed by atoms with van der Waals surface area (Å²) in [7, 11) is 0. The lowest BCUT2D eigenvalue weighted by molar-refractivity contribution is -0.302. The monoisotopic (exact) mass is 462 g/mol. The number of carbonyl (C=O) groups is 2. The summed E-state index contributed by atoms with van der Waals surface area (Å²) in [6.45, 7) is -0.521. The molecule has 1 aliphatic carbocycles. The van der Waals surface area contributed by atoms with Crippen molar-refractivity contribution in [1.29, 1.82) is 0 Å². The van der Waals surface area contributed by atoms with Crippen LogP contribution < -0.4 is 0 Å². The summed E-state index contributed by atoms with van der Waals surface area (Å²) >= 11 is 0. The van der Waals surface area contributed by atoms with E-state index in [1.807, 2.05) is 0 Å². The lowest BCUT2D eigenvalue weighted by Crippen LogP contribution is -2.59. The summed E-state index contributed by atoms with van der Waals surface area (Å²) in [5.74, 6) is -0.893. The Bertz CT molecular complexity index is 904. The number of phenols is 1. The fourth-order valence-corrected chi connectivity index (χ4v) is 3.22. The number of ether oxygens (including phenoxy) is 3. The van der Waals surface area contributed by atoms with E-state index in [0.717, 1.165) is 6.08 Å². The smallest absolute Gasteiger partial charge is 0.330 e. The summed E-state index contributed by atoms with van der Waals surface area (Å²) in [5.41, 5.74) is -0.746. The molecule has 0 bridgehead atoms. The largest absolute Gasteiger partial charge is 0.508 e. The molecule has 1 aromatic carbocycles. The Kier molecular flexibility index (Phi) is 8.14. The zero-order chi connectivity index (χ0) is 24.0. The maximum Gasteiger partial charge on any atom is 0.330 e. The molecule has 5 atom stereocenters. The molecule has 2 aliphatic rings. The van der Waals surface area contributed by atoms with Gasteiger partial charge in [-0.3, -0.25) is 4.79 Å². The number of phenolic OH excluding ortho intramolecular Hbond substituents is 1. The van der Waals surface area contributed by atoms with Crippen molar-refractivity contribution in [2.45, 2.75) is 42.7 Å². The predicted molar refractivity (Wildman–Crippen MR) is 114 cm³/mol. The molecular formula is C23H26O10. The molecule has 3 rings (SSSR count). The van der Waals surface area contributed by atoms with Gasteiger partial charge in [0.25, 0.3) is 0 Å². The molecule has 1 aromatic rings. The third kappa shape index (κ3) is 6.81. The fraction of sp³-hybridized carbons (Fsp3) is 0.391. The van der Waals surface area contributed by atoms with Crippen molar-refractivity contribution >= 4 is 17.8 Å². The topological polar surface area (TPSA) is 163 Å². The van der Waals surface area contributed by atoms with Crippen LogP contribution in [0.5, 0.6) is 5.75 Å². The third-order valence-corrected chi connectivity index (χ3v) is 5.22. The van der Waals surface area contributed by atoms with E-state index in [9.17, 15) is 35.1 Å². The molecule has 5 N–H and O–H groups in total. The van der Waals surface area contributed by atoms with Crippen molar-refractivity contribution in [3.05, 3.63) is 60.2 Å². The minimum atomic E-state index is -1.62. The zero-order valence-electron chi connectivity index (χ0n) is 17.6. The Morgan fingerprint density at radius 1 is 1.06 bits per heavy atom. The number of ketones is 1.